The largest absolute Gasteiger partial charge is 0.398 e. The molecule has 1 aromatic rings. The van der Waals surface area contributed by atoms with E-state index in [4.69, 9.17) is 5.73 Å². The Hall–Kier alpha value is 0.200. The van der Waals surface area contributed by atoms with Crippen molar-refractivity contribution >= 4 is 45.1 Å². The van der Waals surface area contributed by atoms with Crippen molar-refractivity contribution in [2.24, 2.45) is 0 Å². The Morgan fingerprint density at radius 3 is 2.80 bits per heavy atom. The Morgan fingerprint density at radius 1 is 1.33 bits per heavy atom. The maximum Gasteiger partial charge on any atom is 0.0463 e. The summed E-state index contributed by atoms with van der Waals surface area (Å²) in [5.74, 6) is 3.61. The van der Waals surface area contributed by atoms with E-state index >= 15 is 0 Å². The standard InChI is InChI=1S/C11H16BrNS2/c1-2-14-6-3-7-15-11-5-4-9(12)8-10(11)13/h4-5,8H,2-3,6-7,13H2,1H3. The fourth-order valence-electron chi connectivity index (χ4n) is 1.14. The fourth-order valence-corrected chi connectivity index (χ4v) is 3.24. The lowest BCUT2D eigenvalue weighted by atomic mass is 10.3. The van der Waals surface area contributed by atoms with Gasteiger partial charge in [0.05, 0.1) is 0 Å². The second kappa shape index (κ2) is 7.47. The molecule has 0 saturated heterocycles. The van der Waals surface area contributed by atoms with Gasteiger partial charge in [0, 0.05) is 15.1 Å². The summed E-state index contributed by atoms with van der Waals surface area (Å²) in [5, 5.41) is 0. The van der Waals surface area contributed by atoms with Gasteiger partial charge in [-0.2, -0.15) is 11.8 Å². The Labute approximate surface area is 109 Å². The normalized spacial score (nSPS) is 10.5. The van der Waals surface area contributed by atoms with Gasteiger partial charge in [-0.15, -0.1) is 11.8 Å². The summed E-state index contributed by atoms with van der Waals surface area (Å²) in [4.78, 5) is 1.19. The van der Waals surface area contributed by atoms with Crippen molar-refractivity contribution in [1.29, 1.82) is 0 Å². The molecule has 0 aliphatic heterocycles. The maximum atomic E-state index is 5.91. The summed E-state index contributed by atoms with van der Waals surface area (Å²) in [7, 11) is 0. The lowest BCUT2D eigenvalue weighted by Gasteiger charge is -2.05. The van der Waals surface area contributed by atoms with Crippen molar-refractivity contribution < 1.29 is 0 Å². The first-order valence-corrected chi connectivity index (χ1v) is 7.93. The van der Waals surface area contributed by atoms with Crippen LogP contribution in [0.1, 0.15) is 13.3 Å². The van der Waals surface area contributed by atoms with Crippen LogP contribution in [0.15, 0.2) is 27.6 Å². The van der Waals surface area contributed by atoms with Gasteiger partial charge in [0.2, 0.25) is 0 Å². The van der Waals surface area contributed by atoms with Gasteiger partial charge in [-0.1, -0.05) is 22.9 Å². The van der Waals surface area contributed by atoms with Crippen molar-refractivity contribution in [3.63, 3.8) is 0 Å². The molecule has 2 N–H and O–H groups in total. The van der Waals surface area contributed by atoms with Crippen LogP contribution in [0.3, 0.4) is 0 Å². The Morgan fingerprint density at radius 2 is 2.13 bits per heavy atom. The monoisotopic (exact) mass is 305 g/mol. The summed E-state index contributed by atoms with van der Waals surface area (Å²) < 4.78 is 1.05. The van der Waals surface area contributed by atoms with E-state index in [0.717, 1.165) is 15.9 Å². The van der Waals surface area contributed by atoms with Crippen LogP contribution in [0.25, 0.3) is 0 Å². The van der Waals surface area contributed by atoms with Gasteiger partial charge in [0.1, 0.15) is 0 Å². The number of thioether (sulfide) groups is 2. The number of nitrogen functional groups attached to an aromatic ring is 1. The topological polar surface area (TPSA) is 26.0 Å². The molecule has 0 spiro atoms. The molecule has 15 heavy (non-hydrogen) atoms. The first-order chi connectivity index (χ1) is 7.24. The molecule has 1 rings (SSSR count). The minimum atomic E-state index is 0.873. The lowest BCUT2D eigenvalue weighted by molar-refractivity contribution is 1.12. The highest BCUT2D eigenvalue weighted by molar-refractivity contribution is 9.10. The smallest absolute Gasteiger partial charge is 0.0463 e. The van der Waals surface area contributed by atoms with Crippen molar-refractivity contribution in [3.8, 4) is 0 Å². The average Bonchev–Trinajstić information content (AvgIpc) is 2.20. The highest BCUT2D eigenvalue weighted by atomic mass is 79.9. The Balaban J connectivity index is 2.31. The van der Waals surface area contributed by atoms with E-state index in [0.29, 0.717) is 0 Å². The quantitative estimate of drug-likeness (QED) is 0.483. The molecule has 0 aliphatic rings. The van der Waals surface area contributed by atoms with Crippen LogP contribution in [0, 0.1) is 0 Å². The molecule has 0 aromatic heterocycles. The van der Waals surface area contributed by atoms with Crippen molar-refractivity contribution in [1.82, 2.24) is 0 Å². The molecule has 0 saturated carbocycles. The molecule has 0 fully saturated rings. The van der Waals surface area contributed by atoms with Crippen LogP contribution in [0.5, 0.6) is 0 Å². The third kappa shape index (κ3) is 5.18. The summed E-state index contributed by atoms with van der Waals surface area (Å²) >= 11 is 7.25. The van der Waals surface area contributed by atoms with Crippen LogP contribution < -0.4 is 5.73 Å². The molecule has 1 aromatic carbocycles. The van der Waals surface area contributed by atoms with E-state index in [2.05, 4.69) is 28.9 Å². The molecule has 0 amide bonds. The van der Waals surface area contributed by atoms with Gasteiger partial charge in [0.25, 0.3) is 0 Å². The number of rotatable bonds is 6. The third-order valence-electron chi connectivity index (χ3n) is 1.87. The minimum Gasteiger partial charge on any atom is -0.398 e. The first kappa shape index (κ1) is 13.3. The van der Waals surface area contributed by atoms with Gasteiger partial charge < -0.3 is 5.73 Å². The number of benzene rings is 1. The average molecular weight is 306 g/mol. The number of hydrogen-bond donors (Lipinski definition) is 1. The Kier molecular flexibility index (Phi) is 6.61. The fraction of sp³-hybridized carbons (Fsp3) is 0.455. The van der Waals surface area contributed by atoms with E-state index in [9.17, 15) is 0 Å². The van der Waals surface area contributed by atoms with E-state index in [1.807, 2.05) is 35.7 Å². The minimum absolute atomic E-state index is 0.873. The molecule has 0 unspecified atom stereocenters. The predicted octanol–water partition coefficient (Wildman–Crippen LogP) is 4.27. The Bertz CT molecular complexity index is 305. The predicted molar refractivity (Wildman–Crippen MR) is 76.9 cm³/mol. The maximum absolute atomic E-state index is 5.91. The van der Waals surface area contributed by atoms with Crippen molar-refractivity contribution in [2.75, 3.05) is 23.0 Å². The lowest BCUT2D eigenvalue weighted by Crippen LogP contribution is -1.90. The second-order valence-corrected chi connectivity index (χ2v) is 6.53. The molecule has 0 radical (unpaired) electrons. The molecule has 84 valence electrons. The van der Waals surface area contributed by atoms with Gasteiger partial charge in [-0.05, 0) is 41.9 Å². The molecule has 0 heterocycles. The van der Waals surface area contributed by atoms with E-state index < -0.39 is 0 Å². The van der Waals surface area contributed by atoms with Crippen LogP contribution in [-0.4, -0.2) is 17.3 Å². The molecular formula is C11H16BrNS2. The third-order valence-corrected chi connectivity index (χ3v) is 4.52. The number of hydrogen-bond acceptors (Lipinski definition) is 3. The van der Waals surface area contributed by atoms with Crippen LogP contribution in [-0.2, 0) is 0 Å². The summed E-state index contributed by atoms with van der Waals surface area (Å²) in [6, 6.07) is 6.08. The first-order valence-electron chi connectivity index (χ1n) is 4.99. The molecule has 0 aliphatic carbocycles. The van der Waals surface area contributed by atoms with Crippen LogP contribution in [0.2, 0.25) is 0 Å². The van der Waals surface area contributed by atoms with Crippen molar-refractivity contribution in [2.45, 2.75) is 18.2 Å². The van der Waals surface area contributed by atoms with Gasteiger partial charge in [-0.25, -0.2) is 0 Å². The summed E-state index contributed by atoms with van der Waals surface area (Å²) in [5.41, 5.74) is 6.78. The zero-order valence-electron chi connectivity index (χ0n) is 8.83. The molecular weight excluding hydrogens is 290 g/mol. The van der Waals surface area contributed by atoms with E-state index in [1.54, 1.807) is 0 Å². The van der Waals surface area contributed by atoms with Gasteiger partial charge in [0.15, 0.2) is 0 Å². The second-order valence-electron chi connectivity index (χ2n) is 3.08. The molecule has 0 bridgehead atoms. The van der Waals surface area contributed by atoms with Gasteiger partial charge in [-0.3, -0.25) is 0 Å². The summed E-state index contributed by atoms with van der Waals surface area (Å²) in [6.07, 6.45) is 1.25. The highest BCUT2D eigenvalue weighted by Crippen LogP contribution is 2.28. The molecule has 0 atom stereocenters. The number of anilines is 1. The van der Waals surface area contributed by atoms with E-state index in [-0.39, 0.29) is 0 Å². The van der Waals surface area contributed by atoms with E-state index in [1.165, 1.54) is 22.8 Å². The summed E-state index contributed by atoms with van der Waals surface area (Å²) in [6.45, 7) is 2.20. The van der Waals surface area contributed by atoms with Crippen LogP contribution >= 0.6 is 39.5 Å². The highest BCUT2D eigenvalue weighted by Gasteiger charge is 2.00. The number of nitrogens with two attached hydrogens (primary N) is 1. The molecule has 1 nitrogen and oxygen atoms in total. The molecule has 4 heteroatoms. The van der Waals surface area contributed by atoms with Crippen LogP contribution in [0.4, 0.5) is 5.69 Å². The van der Waals surface area contributed by atoms with Crippen molar-refractivity contribution in [3.05, 3.63) is 22.7 Å². The zero-order chi connectivity index (χ0) is 11.1. The SMILES string of the molecule is CCSCCCSc1ccc(Br)cc1N. The number of halogens is 1. The van der Waals surface area contributed by atoms with Gasteiger partial charge >= 0.3 is 0 Å². The zero-order valence-corrected chi connectivity index (χ0v) is 12.1.